The quantitative estimate of drug-likeness (QED) is 0.351. The molecule has 2 N–H and O–H groups in total. The zero-order valence-electron chi connectivity index (χ0n) is 19.1. The van der Waals surface area contributed by atoms with Crippen LogP contribution in [0.1, 0.15) is 40.3 Å². The molecule has 0 spiro atoms. The van der Waals surface area contributed by atoms with Crippen LogP contribution in [-0.4, -0.2) is 15.9 Å². The lowest BCUT2D eigenvalue weighted by molar-refractivity contribution is -0.121. The second-order valence-electron chi connectivity index (χ2n) is 8.58. The monoisotopic (exact) mass is 451 g/mol. The molecule has 5 aromatic rings. The molecule has 0 bridgehead atoms. The van der Waals surface area contributed by atoms with Crippen LogP contribution < -0.4 is 10.9 Å². The van der Waals surface area contributed by atoms with Crippen molar-refractivity contribution in [2.75, 3.05) is 0 Å². The van der Waals surface area contributed by atoms with Crippen LogP contribution in [-0.2, 0) is 11.2 Å². The molecule has 0 aliphatic carbocycles. The first-order valence-corrected chi connectivity index (χ1v) is 11.3. The van der Waals surface area contributed by atoms with E-state index in [1.165, 1.54) is 0 Å². The van der Waals surface area contributed by atoms with Crippen LogP contribution in [0.5, 0.6) is 0 Å². The van der Waals surface area contributed by atoms with Gasteiger partial charge in [0.05, 0.1) is 23.4 Å². The van der Waals surface area contributed by atoms with Crippen molar-refractivity contribution in [1.29, 1.82) is 0 Å². The number of hydrogen-bond donors (Lipinski definition) is 2. The summed E-state index contributed by atoms with van der Waals surface area (Å²) in [5, 5.41) is 4.05. The Morgan fingerprint density at radius 2 is 1.85 bits per heavy atom. The van der Waals surface area contributed by atoms with Crippen molar-refractivity contribution in [1.82, 2.24) is 15.3 Å². The van der Waals surface area contributed by atoms with Crippen molar-refractivity contribution in [3.8, 4) is 0 Å². The van der Waals surface area contributed by atoms with E-state index in [-0.39, 0.29) is 24.0 Å². The van der Waals surface area contributed by atoms with Crippen LogP contribution in [0, 0.1) is 13.8 Å². The third-order valence-electron chi connectivity index (χ3n) is 6.26. The van der Waals surface area contributed by atoms with E-state index in [2.05, 4.69) is 15.3 Å². The first-order valence-electron chi connectivity index (χ1n) is 11.3. The number of imidazole rings is 1. The molecular formula is C28H25N3O3. The molecule has 170 valence electrons. The summed E-state index contributed by atoms with van der Waals surface area (Å²) in [5.41, 5.74) is 6.34. The molecule has 0 fully saturated rings. The molecule has 34 heavy (non-hydrogen) atoms. The molecule has 1 atom stereocenters. The fourth-order valence-electron chi connectivity index (χ4n) is 4.40. The highest BCUT2D eigenvalue weighted by Gasteiger charge is 2.19. The van der Waals surface area contributed by atoms with Gasteiger partial charge < -0.3 is 14.7 Å². The molecule has 0 saturated heterocycles. The van der Waals surface area contributed by atoms with E-state index in [1.54, 1.807) is 6.33 Å². The molecule has 2 aromatic heterocycles. The summed E-state index contributed by atoms with van der Waals surface area (Å²) in [5.74, 6) is -0.138. The first-order chi connectivity index (χ1) is 16.5. The second kappa shape index (κ2) is 8.98. The normalized spacial score (nSPS) is 12.2. The molecule has 5 rings (SSSR count). The average Bonchev–Trinajstić information content (AvgIpc) is 3.30. The van der Waals surface area contributed by atoms with Gasteiger partial charge in [-0.25, -0.2) is 9.78 Å². The Morgan fingerprint density at radius 3 is 2.68 bits per heavy atom. The molecule has 3 aromatic carbocycles. The highest BCUT2D eigenvalue weighted by atomic mass is 16.4. The van der Waals surface area contributed by atoms with Crippen LogP contribution in [0.25, 0.3) is 22.0 Å². The summed E-state index contributed by atoms with van der Waals surface area (Å²) in [4.78, 5) is 33.1. The summed E-state index contributed by atoms with van der Waals surface area (Å²) in [7, 11) is 0. The average molecular weight is 452 g/mol. The Balaban J connectivity index is 1.39. The van der Waals surface area contributed by atoms with Crippen LogP contribution in [0.4, 0.5) is 0 Å². The van der Waals surface area contributed by atoms with Gasteiger partial charge in [-0.15, -0.1) is 0 Å². The number of amides is 1. The smallest absolute Gasteiger partial charge is 0.339 e. The summed E-state index contributed by atoms with van der Waals surface area (Å²) in [6.45, 7) is 3.87. The Bertz CT molecular complexity index is 1550. The number of aryl methyl sites for hydroxylation is 2. The van der Waals surface area contributed by atoms with Gasteiger partial charge in [-0.3, -0.25) is 4.79 Å². The van der Waals surface area contributed by atoms with E-state index < -0.39 is 0 Å². The zero-order chi connectivity index (χ0) is 23.7. The van der Waals surface area contributed by atoms with Crippen LogP contribution >= 0.6 is 0 Å². The zero-order valence-corrected chi connectivity index (χ0v) is 19.1. The lowest BCUT2D eigenvalue weighted by atomic mass is 9.97. The number of carbonyl (C=O) groups is 1. The summed E-state index contributed by atoms with van der Waals surface area (Å²) >= 11 is 0. The summed E-state index contributed by atoms with van der Waals surface area (Å²) in [6.07, 6.45) is 2.15. The third kappa shape index (κ3) is 4.22. The number of rotatable bonds is 6. The number of nitrogens with one attached hydrogen (secondary N) is 2. The number of fused-ring (bicyclic) bond motifs is 2. The molecule has 1 amide bonds. The Morgan fingerprint density at radius 1 is 1.03 bits per heavy atom. The van der Waals surface area contributed by atoms with E-state index in [1.807, 2.05) is 80.6 Å². The van der Waals surface area contributed by atoms with Crippen molar-refractivity contribution in [2.24, 2.45) is 0 Å². The number of H-pyrrole nitrogens is 1. The first kappa shape index (κ1) is 21.6. The lowest BCUT2D eigenvalue weighted by Crippen LogP contribution is -2.30. The Labute approximate surface area is 196 Å². The number of carbonyl (C=O) groups excluding carboxylic acids is 1. The molecule has 6 nitrogen and oxygen atoms in total. The number of nitrogens with zero attached hydrogens (tertiary/aromatic N) is 1. The fourth-order valence-corrected chi connectivity index (χ4v) is 4.40. The Kier molecular flexibility index (Phi) is 5.72. The molecule has 6 heteroatoms. The van der Waals surface area contributed by atoms with E-state index in [4.69, 9.17) is 4.42 Å². The van der Waals surface area contributed by atoms with Gasteiger partial charge in [0.15, 0.2) is 0 Å². The summed E-state index contributed by atoms with van der Waals surface area (Å²) in [6, 6.07) is 21.3. The lowest BCUT2D eigenvalue weighted by Gasteiger charge is -2.20. The van der Waals surface area contributed by atoms with Crippen molar-refractivity contribution in [2.45, 2.75) is 32.7 Å². The van der Waals surface area contributed by atoms with Gasteiger partial charge in [0.1, 0.15) is 5.58 Å². The van der Waals surface area contributed by atoms with E-state index in [0.717, 1.165) is 38.7 Å². The SMILES string of the molecule is Cc1ccc2c(C)c(CCC(=O)NC(c3ccccc3)c3ccc4nc[nH]c4c3)c(=O)oc2c1. The minimum atomic E-state index is -0.382. The molecule has 0 aliphatic rings. The van der Waals surface area contributed by atoms with Gasteiger partial charge in [0, 0.05) is 17.4 Å². The van der Waals surface area contributed by atoms with E-state index >= 15 is 0 Å². The predicted octanol–water partition coefficient (Wildman–Crippen LogP) is 5.12. The van der Waals surface area contributed by atoms with Crippen molar-refractivity contribution >= 4 is 27.9 Å². The number of aromatic nitrogens is 2. The molecule has 0 saturated carbocycles. The van der Waals surface area contributed by atoms with Crippen LogP contribution in [0.15, 0.2) is 82.3 Å². The Hall–Kier alpha value is -4.19. The summed E-state index contributed by atoms with van der Waals surface area (Å²) < 4.78 is 5.54. The van der Waals surface area contributed by atoms with Gasteiger partial charge in [-0.1, -0.05) is 48.5 Å². The fraction of sp³-hybridized carbons (Fsp3) is 0.179. The number of aromatic amines is 1. The highest BCUT2D eigenvalue weighted by molar-refractivity contribution is 5.82. The largest absolute Gasteiger partial charge is 0.423 e. The van der Waals surface area contributed by atoms with Gasteiger partial charge >= 0.3 is 5.63 Å². The van der Waals surface area contributed by atoms with Crippen molar-refractivity contribution in [3.05, 3.63) is 111 Å². The topological polar surface area (TPSA) is 88.0 Å². The minimum absolute atomic E-state index is 0.138. The number of hydrogen-bond acceptors (Lipinski definition) is 4. The molecular weight excluding hydrogens is 426 g/mol. The molecule has 0 aliphatic heterocycles. The maximum Gasteiger partial charge on any atom is 0.339 e. The molecule has 0 radical (unpaired) electrons. The van der Waals surface area contributed by atoms with Gasteiger partial charge in [-0.05, 0) is 60.7 Å². The van der Waals surface area contributed by atoms with Crippen LogP contribution in [0.2, 0.25) is 0 Å². The van der Waals surface area contributed by atoms with Gasteiger partial charge in [0.2, 0.25) is 5.91 Å². The number of benzene rings is 3. The predicted molar refractivity (Wildman–Crippen MR) is 133 cm³/mol. The van der Waals surface area contributed by atoms with Crippen LogP contribution in [0.3, 0.4) is 0 Å². The maximum absolute atomic E-state index is 13.1. The minimum Gasteiger partial charge on any atom is -0.423 e. The second-order valence-corrected chi connectivity index (χ2v) is 8.58. The molecule has 2 heterocycles. The molecule has 1 unspecified atom stereocenters. The third-order valence-corrected chi connectivity index (χ3v) is 6.26. The van der Waals surface area contributed by atoms with Gasteiger partial charge in [-0.2, -0.15) is 0 Å². The van der Waals surface area contributed by atoms with Crippen molar-refractivity contribution in [3.63, 3.8) is 0 Å². The van der Waals surface area contributed by atoms with Gasteiger partial charge in [0.25, 0.3) is 0 Å². The standard InChI is InChI=1S/C28H25N3O3/c1-17-8-10-21-18(2)22(28(33)34-25(21)14-17)11-13-26(32)31-27(19-6-4-3-5-7-19)20-9-12-23-24(15-20)30-16-29-23/h3-10,12,14-16,27H,11,13H2,1-2H3,(H,29,30)(H,31,32). The van der Waals surface area contributed by atoms with E-state index in [9.17, 15) is 9.59 Å². The maximum atomic E-state index is 13.1. The van der Waals surface area contributed by atoms with Crippen molar-refractivity contribution < 1.29 is 9.21 Å². The highest BCUT2D eigenvalue weighted by Crippen LogP contribution is 2.25. The van der Waals surface area contributed by atoms with E-state index in [0.29, 0.717) is 17.6 Å².